The summed E-state index contributed by atoms with van der Waals surface area (Å²) in [5, 5.41) is 0.501. The lowest BCUT2D eigenvalue weighted by Crippen LogP contribution is -2.09. The summed E-state index contributed by atoms with van der Waals surface area (Å²) in [7, 11) is 0. The molecule has 0 radical (unpaired) electrons. The highest BCUT2D eigenvalue weighted by Crippen LogP contribution is 2.41. The van der Waals surface area contributed by atoms with E-state index in [1.807, 2.05) is 54.6 Å². The first-order chi connectivity index (χ1) is 33.2. The number of fused-ring (bicyclic) bond motifs is 2. The topological polar surface area (TPSA) is 3.24 Å². The van der Waals surface area contributed by atoms with Gasteiger partial charge in [-0.1, -0.05) is 176 Å². The predicted molar refractivity (Wildman–Crippen MR) is 218 cm³/mol. The van der Waals surface area contributed by atoms with Crippen LogP contribution in [0.15, 0.2) is 212 Å². The number of hydrogen-bond acceptors (Lipinski definition) is 1. The highest BCUT2D eigenvalue weighted by molar-refractivity contribution is 6.04. The molecule has 1 heteroatoms. The van der Waals surface area contributed by atoms with E-state index in [2.05, 4.69) is 0 Å². The molecule has 0 heterocycles. The number of benzene rings is 9. The number of hydrogen-bond donors (Lipinski definition) is 0. The average molecular weight is 669 g/mol. The Bertz CT molecular complexity index is 3620. The second kappa shape index (κ2) is 13.3. The summed E-state index contributed by atoms with van der Waals surface area (Å²) >= 11 is 0. The molecule has 0 N–H and O–H groups in total. The van der Waals surface area contributed by atoms with Gasteiger partial charge in [0.1, 0.15) is 0 Å². The van der Waals surface area contributed by atoms with Gasteiger partial charge in [-0.25, -0.2) is 0 Å². The second-order valence-electron chi connectivity index (χ2n) is 11.4. The zero-order valence-corrected chi connectivity index (χ0v) is 26.7. The molecular weight excluding hydrogens is 615 g/mol. The zero-order chi connectivity index (χ0) is 50.5. The van der Waals surface area contributed by atoms with Crippen molar-refractivity contribution in [1.82, 2.24) is 0 Å². The molecule has 0 spiro atoms. The summed E-state index contributed by atoms with van der Waals surface area (Å²) in [6.45, 7) is 0. The van der Waals surface area contributed by atoms with Crippen LogP contribution in [0.2, 0.25) is 0 Å². The fourth-order valence-electron chi connectivity index (χ4n) is 5.99. The molecule has 51 heavy (non-hydrogen) atoms. The third-order valence-corrected chi connectivity index (χ3v) is 8.39. The van der Waals surface area contributed by atoms with Crippen LogP contribution in [0.5, 0.6) is 0 Å². The van der Waals surface area contributed by atoms with Gasteiger partial charge in [-0.05, 0) is 102 Å². The molecule has 0 bridgehead atoms. The smallest absolute Gasteiger partial charge is 0.0645 e. The monoisotopic (exact) mass is 668 g/mol. The van der Waals surface area contributed by atoms with Gasteiger partial charge in [0.05, 0.1) is 26.0 Å². The van der Waals surface area contributed by atoms with Crippen LogP contribution in [0.4, 0.5) is 17.1 Å². The van der Waals surface area contributed by atoms with Crippen LogP contribution in [0, 0.1) is 0 Å². The SMILES string of the molecule is [2H]c1c([2H])c(N(c2c([2H])c([2H])c(-c3ccc4ccccc4c3-c3ccccc3)c([2H])c2[2H])c2c([2H])c([2H])c(-c3c([2H])c([2H])c([2H])c4c([2H])c([2H])c([2H])c([2H])c34)c([2H])c2[2H])c([2H])c([2H])c1-c1ccccc1. The van der Waals surface area contributed by atoms with Gasteiger partial charge in [-0.15, -0.1) is 0 Å². The van der Waals surface area contributed by atoms with Crippen molar-refractivity contribution in [1.29, 1.82) is 0 Å². The molecule has 240 valence electrons. The normalized spacial score (nSPS) is 16.4. The van der Waals surface area contributed by atoms with Crippen LogP contribution in [0.3, 0.4) is 0 Å². The van der Waals surface area contributed by atoms with Crippen LogP contribution < -0.4 is 4.90 Å². The Hall–Kier alpha value is -6.70. The first kappa shape index (κ1) is 16.3. The van der Waals surface area contributed by atoms with Gasteiger partial charge in [0, 0.05) is 17.1 Å². The maximum Gasteiger partial charge on any atom is 0.0645 e. The molecule has 0 aliphatic rings. The van der Waals surface area contributed by atoms with Crippen molar-refractivity contribution >= 4 is 38.6 Å². The molecule has 9 aromatic carbocycles. The molecule has 0 saturated heterocycles. The lowest BCUT2D eigenvalue weighted by atomic mass is 9.90. The number of nitrogens with zero attached hydrogens (tertiary/aromatic N) is 1. The average Bonchev–Trinajstić information content (AvgIpc) is 3.36. The van der Waals surface area contributed by atoms with E-state index in [1.54, 1.807) is 42.5 Å². The van der Waals surface area contributed by atoms with E-state index in [-0.39, 0.29) is 16.7 Å². The Balaban J connectivity index is 1.41. The quantitative estimate of drug-likeness (QED) is 0.163. The van der Waals surface area contributed by atoms with E-state index in [9.17, 15) is 16.4 Å². The number of rotatable bonds is 7. The zero-order valence-electron chi connectivity index (χ0n) is 45.7. The second-order valence-corrected chi connectivity index (χ2v) is 11.4. The summed E-state index contributed by atoms with van der Waals surface area (Å²) in [5.41, 5.74) is -2.22. The molecule has 0 saturated carbocycles. The van der Waals surface area contributed by atoms with Crippen LogP contribution in [-0.4, -0.2) is 0 Å². The Morgan fingerprint density at radius 1 is 0.314 bits per heavy atom. The van der Waals surface area contributed by atoms with Gasteiger partial charge >= 0.3 is 0 Å². The summed E-state index contributed by atoms with van der Waals surface area (Å²) in [5.74, 6) is 0. The highest BCUT2D eigenvalue weighted by Gasteiger charge is 2.16. The van der Waals surface area contributed by atoms with Gasteiger partial charge in [0.25, 0.3) is 0 Å². The molecule has 0 atom stereocenters. The van der Waals surface area contributed by atoms with E-state index < -0.39 is 154 Å². The Kier molecular flexibility index (Phi) is 4.26. The van der Waals surface area contributed by atoms with Crippen LogP contribution in [0.25, 0.3) is 66.1 Å². The summed E-state index contributed by atoms with van der Waals surface area (Å²) in [6, 6.07) is 12.5. The van der Waals surface area contributed by atoms with Crippen LogP contribution >= 0.6 is 0 Å². The minimum Gasteiger partial charge on any atom is -0.311 e. The van der Waals surface area contributed by atoms with Crippen LogP contribution in [-0.2, 0) is 0 Å². The van der Waals surface area contributed by atoms with Crippen molar-refractivity contribution in [2.24, 2.45) is 0 Å². The lowest BCUT2D eigenvalue weighted by molar-refractivity contribution is 1.28. The highest BCUT2D eigenvalue weighted by atomic mass is 15.1. The molecule has 9 rings (SSSR count). The number of anilines is 3. The van der Waals surface area contributed by atoms with Crippen molar-refractivity contribution in [3.05, 3.63) is 212 Å². The maximum atomic E-state index is 9.68. The van der Waals surface area contributed by atoms with Gasteiger partial charge in [-0.3, -0.25) is 0 Å². The molecule has 1 nitrogen and oxygen atoms in total. The lowest BCUT2D eigenvalue weighted by Gasteiger charge is -2.26. The van der Waals surface area contributed by atoms with Gasteiger partial charge in [0.15, 0.2) is 0 Å². The third kappa shape index (κ3) is 5.86. The maximum absolute atomic E-state index is 9.68. The first-order valence-corrected chi connectivity index (χ1v) is 16.0. The summed E-state index contributed by atoms with van der Waals surface area (Å²) < 4.78 is 174. The molecule has 0 unspecified atom stereocenters. The molecule has 0 amide bonds. The minimum atomic E-state index is -1.03. The molecule has 0 aromatic heterocycles. The fourth-order valence-corrected chi connectivity index (χ4v) is 5.99. The van der Waals surface area contributed by atoms with E-state index in [0.29, 0.717) is 21.6 Å². The first-order valence-electron chi connectivity index (χ1n) is 25.5. The van der Waals surface area contributed by atoms with Crippen molar-refractivity contribution in [2.75, 3.05) is 4.90 Å². The summed E-state index contributed by atoms with van der Waals surface area (Å²) in [6.07, 6.45) is 0. The van der Waals surface area contributed by atoms with Crippen molar-refractivity contribution in [3.8, 4) is 44.5 Å². The van der Waals surface area contributed by atoms with Crippen molar-refractivity contribution in [2.45, 2.75) is 0 Å². The molecular formula is C50H35N. The van der Waals surface area contributed by atoms with E-state index in [1.165, 1.54) is 0 Å². The van der Waals surface area contributed by atoms with Gasteiger partial charge < -0.3 is 4.90 Å². The third-order valence-electron chi connectivity index (χ3n) is 8.39. The summed E-state index contributed by atoms with van der Waals surface area (Å²) in [4.78, 5) is 0.651. The molecule has 0 fully saturated rings. The Morgan fingerprint density at radius 3 is 1.51 bits per heavy atom. The Morgan fingerprint density at radius 2 is 0.843 bits per heavy atom. The van der Waals surface area contributed by atoms with E-state index in [4.69, 9.17) is 9.60 Å². The largest absolute Gasteiger partial charge is 0.311 e. The predicted octanol–water partition coefficient (Wildman–Crippen LogP) is 14.1. The fraction of sp³-hybridized carbons (Fsp3) is 0. The van der Waals surface area contributed by atoms with Gasteiger partial charge in [-0.2, -0.15) is 0 Å². The molecule has 9 aromatic rings. The van der Waals surface area contributed by atoms with E-state index in [0.717, 1.165) is 10.8 Å². The van der Waals surface area contributed by atoms with E-state index >= 15 is 0 Å². The molecule has 0 aliphatic carbocycles. The Labute approximate surface area is 326 Å². The van der Waals surface area contributed by atoms with Crippen molar-refractivity contribution in [3.63, 3.8) is 0 Å². The standard InChI is InChI=1S/C50H35N/c1-3-12-36(13-4-1)37-22-29-43(30-23-37)51(44-31-24-40(25-32-44)47-21-11-18-38-14-7-9-19-46(38)47)45-33-26-41(27-34-45)49-35-28-39-15-8-10-20-48(39)50(49)42-16-5-2-6-17-42/h1-35H/i7D,9D,11D,14D,18D,19D,21D,22D,23D,24D,25D,26D,27D,29D,30D,31D,32D,33D,34D. The van der Waals surface area contributed by atoms with Crippen LogP contribution in [0.1, 0.15) is 26.0 Å². The molecule has 0 aliphatic heterocycles. The van der Waals surface area contributed by atoms with Crippen molar-refractivity contribution < 1.29 is 26.0 Å². The minimum absolute atomic E-state index is 0.155. The van der Waals surface area contributed by atoms with Gasteiger partial charge in [0.2, 0.25) is 0 Å².